The summed E-state index contributed by atoms with van der Waals surface area (Å²) in [5, 5.41) is 8.83. The largest absolute Gasteiger partial charge is 0.399 e. The van der Waals surface area contributed by atoms with E-state index in [1.54, 1.807) is 13.8 Å². The van der Waals surface area contributed by atoms with Crippen LogP contribution in [0.1, 0.15) is 22.8 Å². The number of likely N-dealkylation sites (N-methyl/N-ethyl adjacent to an activating group) is 1. The summed E-state index contributed by atoms with van der Waals surface area (Å²) in [5.41, 5.74) is 6.25. The van der Waals surface area contributed by atoms with Crippen LogP contribution in [-0.2, 0) is 0 Å². The van der Waals surface area contributed by atoms with E-state index in [2.05, 4.69) is 0 Å². The molecule has 94 valence electrons. The highest BCUT2D eigenvalue weighted by molar-refractivity contribution is 5.95. The molecule has 0 heterocycles. The monoisotopic (exact) mass is 240 g/mol. The molecule has 3 N–H and O–H groups in total. The number of benzene rings is 1. The third-order valence-corrected chi connectivity index (χ3v) is 2.55. The van der Waals surface area contributed by atoms with Gasteiger partial charge in [0.1, 0.15) is 5.82 Å². The first-order valence-electron chi connectivity index (χ1n) is 5.47. The molecule has 0 aliphatic heterocycles. The molecule has 0 saturated heterocycles. The van der Waals surface area contributed by atoms with Crippen LogP contribution in [0.15, 0.2) is 12.1 Å². The number of carbonyl (C=O) groups is 1. The summed E-state index contributed by atoms with van der Waals surface area (Å²) in [4.78, 5) is 13.4. The van der Waals surface area contributed by atoms with Crippen molar-refractivity contribution in [1.29, 1.82) is 0 Å². The first-order valence-corrected chi connectivity index (χ1v) is 5.47. The summed E-state index contributed by atoms with van der Waals surface area (Å²) < 4.78 is 13.8. The zero-order valence-electron chi connectivity index (χ0n) is 10.0. The van der Waals surface area contributed by atoms with Crippen molar-refractivity contribution < 1.29 is 14.3 Å². The highest BCUT2D eigenvalue weighted by atomic mass is 19.1. The molecule has 0 spiro atoms. The number of hydrogen-bond acceptors (Lipinski definition) is 3. The van der Waals surface area contributed by atoms with E-state index in [-0.39, 0.29) is 18.7 Å². The molecule has 0 unspecified atom stereocenters. The van der Waals surface area contributed by atoms with Crippen LogP contribution in [0, 0.1) is 12.7 Å². The molecular weight excluding hydrogens is 223 g/mol. The molecular formula is C12H17FN2O2. The molecule has 0 radical (unpaired) electrons. The lowest BCUT2D eigenvalue weighted by atomic mass is 10.1. The predicted octanol–water partition coefficient (Wildman–Crippen LogP) is 1.17. The Morgan fingerprint density at radius 1 is 1.53 bits per heavy atom. The van der Waals surface area contributed by atoms with E-state index in [1.807, 2.05) is 0 Å². The minimum absolute atomic E-state index is 0.0437. The van der Waals surface area contributed by atoms with Crippen LogP contribution in [0.25, 0.3) is 0 Å². The van der Waals surface area contributed by atoms with Gasteiger partial charge in [-0.2, -0.15) is 0 Å². The molecule has 4 nitrogen and oxygen atoms in total. The third kappa shape index (κ3) is 2.94. The predicted molar refractivity (Wildman–Crippen MR) is 64.2 cm³/mol. The first kappa shape index (κ1) is 13.4. The van der Waals surface area contributed by atoms with E-state index in [9.17, 15) is 9.18 Å². The Morgan fingerprint density at radius 2 is 2.18 bits per heavy atom. The second-order valence-corrected chi connectivity index (χ2v) is 3.81. The molecule has 1 aromatic rings. The molecule has 0 aromatic heterocycles. The van der Waals surface area contributed by atoms with Crippen LogP contribution < -0.4 is 5.73 Å². The molecule has 17 heavy (non-hydrogen) atoms. The van der Waals surface area contributed by atoms with Gasteiger partial charge in [-0.25, -0.2) is 4.39 Å². The summed E-state index contributed by atoms with van der Waals surface area (Å²) in [5.74, 6) is -1.00. The minimum Gasteiger partial charge on any atom is -0.399 e. The van der Waals surface area contributed by atoms with Gasteiger partial charge in [0.15, 0.2) is 0 Å². The van der Waals surface area contributed by atoms with Gasteiger partial charge in [0.25, 0.3) is 5.91 Å². The summed E-state index contributed by atoms with van der Waals surface area (Å²) >= 11 is 0. The molecule has 1 amide bonds. The van der Waals surface area contributed by atoms with Crippen molar-refractivity contribution in [3.8, 4) is 0 Å². The fourth-order valence-corrected chi connectivity index (χ4v) is 1.65. The maximum atomic E-state index is 13.8. The Labute approximate surface area is 99.8 Å². The van der Waals surface area contributed by atoms with Gasteiger partial charge >= 0.3 is 0 Å². The van der Waals surface area contributed by atoms with Gasteiger partial charge in [-0.1, -0.05) is 0 Å². The van der Waals surface area contributed by atoms with Gasteiger partial charge in [-0.15, -0.1) is 0 Å². The lowest BCUT2D eigenvalue weighted by Crippen LogP contribution is -2.34. The van der Waals surface area contributed by atoms with Gasteiger partial charge < -0.3 is 15.7 Å². The number of aliphatic hydroxyl groups is 1. The molecule has 1 rings (SSSR count). The van der Waals surface area contributed by atoms with Crippen molar-refractivity contribution in [3.05, 3.63) is 29.1 Å². The van der Waals surface area contributed by atoms with Crippen molar-refractivity contribution in [2.75, 3.05) is 25.4 Å². The van der Waals surface area contributed by atoms with Crippen molar-refractivity contribution in [1.82, 2.24) is 4.90 Å². The molecule has 1 aromatic carbocycles. The minimum atomic E-state index is -0.555. The van der Waals surface area contributed by atoms with Gasteiger partial charge in [-0.3, -0.25) is 4.79 Å². The maximum absolute atomic E-state index is 13.8. The number of amides is 1. The number of anilines is 1. The second kappa shape index (κ2) is 5.63. The Bertz CT molecular complexity index is 421. The molecule has 0 aliphatic rings. The van der Waals surface area contributed by atoms with Gasteiger partial charge in [0.05, 0.1) is 12.2 Å². The van der Waals surface area contributed by atoms with E-state index in [0.717, 1.165) is 0 Å². The highest BCUT2D eigenvalue weighted by Gasteiger charge is 2.19. The smallest absolute Gasteiger partial charge is 0.256 e. The van der Waals surface area contributed by atoms with Crippen LogP contribution >= 0.6 is 0 Å². The fraction of sp³-hybridized carbons (Fsp3) is 0.417. The molecule has 0 bridgehead atoms. The number of nitrogen functional groups attached to an aromatic ring is 1. The summed E-state index contributed by atoms with van der Waals surface area (Å²) in [6.45, 7) is 3.77. The van der Waals surface area contributed by atoms with E-state index >= 15 is 0 Å². The van der Waals surface area contributed by atoms with E-state index < -0.39 is 11.7 Å². The molecule has 5 heteroatoms. The second-order valence-electron chi connectivity index (χ2n) is 3.81. The van der Waals surface area contributed by atoms with Crippen LogP contribution in [0.5, 0.6) is 0 Å². The normalized spacial score (nSPS) is 10.4. The topological polar surface area (TPSA) is 66.6 Å². The van der Waals surface area contributed by atoms with Crippen LogP contribution in [0.3, 0.4) is 0 Å². The zero-order chi connectivity index (χ0) is 13.0. The third-order valence-electron chi connectivity index (χ3n) is 2.55. The maximum Gasteiger partial charge on any atom is 0.256 e. The summed E-state index contributed by atoms with van der Waals surface area (Å²) in [6.07, 6.45) is 0. The zero-order valence-corrected chi connectivity index (χ0v) is 10.0. The van der Waals surface area contributed by atoms with Crippen molar-refractivity contribution >= 4 is 11.6 Å². The average Bonchev–Trinajstić information content (AvgIpc) is 2.29. The number of carbonyl (C=O) groups excluding carboxylic acids is 1. The number of nitrogens with two attached hydrogens (primary N) is 1. The lowest BCUT2D eigenvalue weighted by Gasteiger charge is -2.20. The van der Waals surface area contributed by atoms with Crippen molar-refractivity contribution in [3.63, 3.8) is 0 Å². The Balaban J connectivity index is 3.10. The van der Waals surface area contributed by atoms with Crippen molar-refractivity contribution in [2.45, 2.75) is 13.8 Å². The number of halogens is 1. The number of nitrogens with zero attached hydrogens (tertiary/aromatic N) is 1. The van der Waals surface area contributed by atoms with Crippen LogP contribution in [0.4, 0.5) is 10.1 Å². The van der Waals surface area contributed by atoms with E-state index in [4.69, 9.17) is 10.8 Å². The van der Waals surface area contributed by atoms with Gasteiger partial charge in [0.2, 0.25) is 0 Å². The quantitative estimate of drug-likeness (QED) is 0.776. The number of hydrogen-bond donors (Lipinski definition) is 2. The molecule has 0 fully saturated rings. The summed E-state index contributed by atoms with van der Waals surface area (Å²) in [7, 11) is 0. The lowest BCUT2D eigenvalue weighted by molar-refractivity contribution is 0.0727. The SMILES string of the molecule is CCN(CCO)C(=O)c1cc(N)cc(C)c1F. The molecule has 0 saturated carbocycles. The highest BCUT2D eigenvalue weighted by Crippen LogP contribution is 2.18. The van der Waals surface area contributed by atoms with E-state index in [1.165, 1.54) is 17.0 Å². The molecule has 0 aliphatic carbocycles. The Morgan fingerprint density at radius 3 is 2.71 bits per heavy atom. The number of aryl methyl sites for hydroxylation is 1. The van der Waals surface area contributed by atoms with E-state index in [0.29, 0.717) is 17.8 Å². The van der Waals surface area contributed by atoms with Crippen LogP contribution in [-0.4, -0.2) is 35.6 Å². The average molecular weight is 240 g/mol. The van der Waals surface area contributed by atoms with Gasteiger partial charge in [-0.05, 0) is 31.5 Å². The standard InChI is InChI=1S/C12H17FN2O2/c1-3-15(4-5-16)12(17)10-7-9(14)6-8(2)11(10)13/h6-7,16H,3-5,14H2,1-2H3. The first-order chi connectivity index (χ1) is 8.01. The summed E-state index contributed by atoms with van der Waals surface area (Å²) in [6, 6.07) is 2.80. The fourth-order valence-electron chi connectivity index (χ4n) is 1.65. The van der Waals surface area contributed by atoms with Gasteiger partial charge in [0, 0.05) is 18.8 Å². The Hall–Kier alpha value is -1.62. The van der Waals surface area contributed by atoms with Crippen LogP contribution in [0.2, 0.25) is 0 Å². The van der Waals surface area contributed by atoms with Crippen molar-refractivity contribution in [2.24, 2.45) is 0 Å². The Kier molecular flexibility index (Phi) is 4.45. The number of rotatable bonds is 4. The molecule has 0 atom stereocenters. The number of aliphatic hydroxyl groups excluding tert-OH is 1.